The molecule has 2 aromatic rings. The first kappa shape index (κ1) is 11.4. The van der Waals surface area contributed by atoms with Crippen LogP contribution in [-0.4, -0.2) is 10.1 Å². The molecule has 1 aromatic heterocycles. The van der Waals surface area contributed by atoms with Crippen molar-refractivity contribution in [1.82, 2.24) is 4.98 Å². The molecule has 1 unspecified atom stereocenters. The van der Waals surface area contributed by atoms with Crippen molar-refractivity contribution in [2.45, 2.75) is 25.9 Å². The van der Waals surface area contributed by atoms with Gasteiger partial charge in [-0.3, -0.25) is 4.98 Å². The predicted octanol–water partition coefficient (Wildman–Crippen LogP) is 2.84. The molecule has 2 nitrogen and oxygen atoms in total. The first-order valence-corrected chi connectivity index (χ1v) is 6.40. The minimum atomic E-state index is -0.412. The summed E-state index contributed by atoms with van der Waals surface area (Å²) in [5.41, 5.74) is 4.79. The smallest absolute Gasteiger partial charge is 0.0839 e. The van der Waals surface area contributed by atoms with Crippen LogP contribution < -0.4 is 0 Å². The van der Waals surface area contributed by atoms with E-state index in [1.807, 2.05) is 19.2 Å². The fourth-order valence-corrected chi connectivity index (χ4v) is 2.83. The first-order valence-electron chi connectivity index (χ1n) is 6.40. The maximum Gasteiger partial charge on any atom is 0.0839 e. The number of pyridine rings is 1. The zero-order chi connectivity index (χ0) is 12.5. The van der Waals surface area contributed by atoms with Gasteiger partial charge in [0.1, 0.15) is 0 Å². The van der Waals surface area contributed by atoms with Gasteiger partial charge in [-0.05, 0) is 47.9 Å². The fourth-order valence-electron chi connectivity index (χ4n) is 2.83. The summed E-state index contributed by atoms with van der Waals surface area (Å²) in [5.74, 6) is 0.283. The van der Waals surface area contributed by atoms with Gasteiger partial charge < -0.3 is 5.11 Å². The molecule has 0 fully saturated rings. The van der Waals surface area contributed by atoms with Crippen LogP contribution in [0.4, 0.5) is 0 Å². The van der Waals surface area contributed by atoms with Gasteiger partial charge in [-0.2, -0.15) is 0 Å². The molecular formula is C16H17NO. The summed E-state index contributed by atoms with van der Waals surface area (Å²) >= 11 is 0. The molecule has 1 aliphatic carbocycles. The van der Waals surface area contributed by atoms with Crippen molar-refractivity contribution in [1.29, 1.82) is 0 Å². The van der Waals surface area contributed by atoms with Crippen LogP contribution in [0.3, 0.4) is 0 Å². The van der Waals surface area contributed by atoms with Crippen LogP contribution in [0.2, 0.25) is 0 Å². The van der Waals surface area contributed by atoms with Crippen LogP contribution in [0.1, 0.15) is 28.4 Å². The van der Waals surface area contributed by atoms with E-state index in [0.29, 0.717) is 0 Å². The Bertz CT molecular complexity index is 540. The molecule has 0 saturated carbocycles. The summed E-state index contributed by atoms with van der Waals surface area (Å²) < 4.78 is 0. The minimum absolute atomic E-state index is 0.283. The average molecular weight is 239 g/mol. The van der Waals surface area contributed by atoms with Gasteiger partial charge >= 0.3 is 0 Å². The summed E-state index contributed by atoms with van der Waals surface area (Å²) in [6.45, 7) is 2.01. The minimum Gasteiger partial charge on any atom is -0.388 e. The van der Waals surface area contributed by atoms with E-state index in [1.165, 1.54) is 11.1 Å². The number of hydrogen-bond donors (Lipinski definition) is 1. The molecule has 0 saturated heterocycles. The number of fused-ring (bicyclic) bond motifs is 1. The van der Waals surface area contributed by atoms with Gasteiger partial charge in [-0.1, -0.05) is 30.3 Å². The van der Waals surface area contributed by atoms with Gasteiger partial charge in [0.05, 0.1) is 6.10 Å². The van der Waals surface area contributed by atoms with E-state index in [-0.39, 0.29) is 5.92 Å². The second-order valence-corrected chi connectivity index (χ2v) is 5.18. The molecule has 18 heavy (non-hydrogen) atoms. The van der Waals surface area contributed by atoms with Gasteiger partial charge in [-0.15, -0.1) is 0 Å². The van der Waals surface area contributed by atoms with E-state index in [2.05, 4.69) is 29.2 Å². The summed E-state index contributed by atoms with van der Waals surface area (Å²) in [7, 11) is 0. The van der Waals surface area contributed by atoms with E-state index in [0.717, 1.165) is 24.0 Å². The summed E-state index contributed by atoms with van der Waals surface area (Å²) in [6.07, 6.45) is 5.11. The van der Waals surface area contributed by atoms with Crippen molar-refractivity contribution in [3.05, 3.63) is 65.0 Å². The molecule has 0 bridgehead atoms. The number of aliphatic hydroxyl groups is 1. The van der Waals surface area contributed by atoms with Crippen molar-refractivity contribution in [2.75, 3.05) is 0 Å². The van der Waals surface area contributed by atoms with Crippen LogP contribution in [0.5, 0.6) is 0 Å². The van der Waals surface area contributed by atoms with Gasteiger partial charge in [0.2, 0.25) is 0 Å². The summed E-state index contributed by atoms with van der Waals surface area (Å²) in [5, 5.41) is 10.5. The van der Waals surface area contributed by atoms with Crippen molar-refractivity contribution < 1.29 is 5.11 Å². The number of hydrogen-bond acceptors (Lipinski definition) is 2. The Kier molecular flexibility index (Phi) is 2.88. The third kappa shape index (κ3) is 2.04. The van der Waals surface area contributed by atoms with E-state index in [1.54, 1.807) is 6.20 Å². The zero-order valence-electron chi connectivity index (χ0n) is 10.5. The fraction of sp³-hybridized carbons (Fsp3) is 0.312. The number of aromatic nitrogens is 1. The number of aliphatic hydroxyl groups excluding tert-OH is 1. The van der Waals surface area contributed by atoms with Gasteiger partial charge in [0.15, 0.2) is 0 Å². The molecule has 1 aromatic carbocycles. The molecule has 1 N–H and O–H groups in total. The van der Waals surface area contributed by atoms with Gasteiger partial charge in [-0.25, -0.2) is 0 Å². The quantitative estimate of drug-likeness (QED) is 0.874. The highest BCUT2D eigenvalue weighted by molar-refractivity contribution is 5.33. The molecule has 0 aliphatic heterocycles. The van der Waals surface area contributed by atoms with Crippen LogP contribution in [-0.2, 0) is 12.8 Å². The second-order valence-electron chi connectivity index (χ2n) is 5.18. The van der Waals surface area contributed by atoms with Crippen molar-refractivity contribution in [2.24, 2.45) is 5.92 Å². The molecular weight excluding hydrogens is 222 g/mol. The maximum absolute atomic E-state index is 10.5. The number of nitrogens with zero attached hydrogens (tertiary/aromatic N) is 1. The second kappa shape index (κ2) is 4.54. The lowest BCUT2D eigenvalue weighted by Gasteiger charge is -2.18. The SMILES string of the molecule is Cc1cncc(C(O)C2Cc3ccccc3C2)c1. The van der Waals surface area contributed by atoms with Gasteiger partial charge in [0, 0.05) is 12.4 Å². The first-order chi connectivity index (χ1) is 8.74. The van der Waals surface area contributed by atoms with Crippen molar-refractivity contribution in [3.63, 3.8) is 0 Å². The third-order valence-electron chi connectivity index (χ3n) is 3.77. The highest BCUT2D eigenvalue weighted by Crippen LogP contribution is 2.35. The topological polar surface area (TPSA) is 33.1 Å². The molecule has 0 spiro atoms. The summed E-state index contributed by atoms with van der Waals surface area (Å²) in [4.78, 5) is 4.17. The van der Waals surface area contributed by atoms with E-state index >= 15 is 0 Å². The summed E-state index contributed by atoms with van der Waals surface area (Å²) in [6, 6.07) is 10.5. The Morgan fingerprint density at radius 1 is 1.17 bits per heavy atom. The Labute approximate surface area is 107 Å². The zero-order valence-corrected chi connectivity index (χ0v) is 10.5. The Morgan fingerprint density at radius 2 is 1.83 bits per heavy atom. The van der Waals surface area contributed by atoms with Crippen LogP contribution in [0.15, 0.2) is 42.7 Å². The normalized spacial score (nSPS) is 16.6. The molecule has 2 heteroatoms. The monoisotopic (exact) mass is 239 g/mol. The number of aryl methyl sites for hydroxylation is 1. The standard InChI is InChI=1S/C16H17NO/c1-11-6-15(10-17-9-11)16(18)14-7-12-4-2-3-5-13(12)8-14/h2-6,9-10,14,16,18H,7-8H2,1H3. The molecule has 1 aliphatic rings. The molecule has 0 radical (unpaired) electrons. The molecule has 1 heterocycles. The van der Waals surface area contributed by atoms with Gasteiger partial charge in [0.25, 0.3) is 0 Å². The highest BCUT2D eigenvalue weighted by Gasteiger charge is 2.28. The van der Waals surface area contributed by atoms with E-state index in [4.69, 9.17) is 0 Å². The maximum atomic E-state index is 10.5. The highest BCUT2D eigenvalue weighted by atomic mass is 16.3. The van der Waals surface area contributed by atoms with Crippen molar-refractivity contribution in [3.8, 4) is 0 Å². The number of benzene rings is 1. The van der Waals surface area contributed by atoms with Crippen LogP contribution in [0.25, 0.3) is 0 Å². The molecule has 0 amide bonds. The molecule has 92 valence electrons. The molecule has 1 atom stereocenters. The Hall–Kier alpha value is -1.67. The Morgan fingerprint density at radius 3 is 2.44 bits per heavy atom. The van der Waals surface area contributed by atoms with E-state index in [9.17, 15) is 5.11 Å². The molecule has 3 rings (SSSR count). The lowest BCUT2D eigenvalue weighted by atomic mass is 9.94. The largest absolute Gasteiger partial charge is 0.388 e. The predicted molar refractivity (Wildman–Crippen MR) is 71.3 cm³/mol. The van der Waals surface area contributed by atoms with Crippen molar-refractivity contribution >= 4 is 0 Å². The lowest BCUT2D eigenvalue weighted by molar-refractivity contribution is 0.113. The van der Waals surface area contributed by atoms with Crippen LogP contribution >= 0.6 is 0 Å². The van der Waals surface area contributed by atoms with Crippen LogP contribution in [0, 0.1) is 12.8 Å². The average Bonchev–Trinajstić information content (AvgIpc) is 2.81. The third-order valence-corrected chi connectivity index (χ3v) is 3.77. The number of rotatable bonds is 2. The lowest BCUT2D eigenvalue weighted by Crippen LogP contribution is -2.13. The Balaban J connectivity index is 1.82. The van der Waals surface area contributed by atoms with E-state index < -0.39 is 6.10 Å².